The summed E-state index contributed by atoms with van der Waals surface area (Å²) in [5, 5.41) is 3.31. The summed E-state index contributed by atoms with van der Waals surface area (Å²) < 4.78 is 0. The van der Waals surface area contributed by atoms with Gasteiger partial charge in [-0.3, -0.25) is 9.59 Å². The molecule has 24 heavy (non-hydrogen) atoms. The topological polar surface area (TPSA) is 53.5 Å². The largest absolute Gasteiger partial charge is 0.342 e. The van der Waals surface area contributed by atoms with E-state index in [4.69, 9.17) is 4.98 Å². The second-order valence-corrected chi connectivity index (χ2v) is 8.22. The summed E-state index contributed by atoms with van der Waals surface area (Å²) in [6.45, 7) is 4.36. The van der Waals surface area contributed by atoms with Gasteiger partial charge in [0.05, 0.1) is 16.6 Å². The van der Waals surface area contributed by atoms with Crippen molar-refractivity contribution in [2.45, 2.75) is 57.4 Å². The summed E-state index contributed by atoms with van der Waals surface area (Å²) in [6, 6.07) is 0.423. The van der Waals surface area contributed by atoms with Gasteiger partial charge in [-0.1, -0.05) is 6.92 Å². The first kappa shape index (κ1) is 16.1. The Kier molecular flexibility index (Phi) is 4.33. The lowest BCUT2D eigenvalue weighted by atomic mass is 9.96. The Labute approximate surface area is 147 Å². The van der Waals surface area contributed by atoms with Gasteiger partial charge in [0, 0.05) is 43.4 Å². The second kappa shape index (κ2) is 6.47. The number of carbonyl (C=O) groups is 2. The molecule has 0 radical (unpaired) electrons. The molecule has 2 amide bonds. The number of hydrogen-bond donors (Lipinski definition) is 0. The van der Waals surface area contributed by atoms with E-state index >= 15 is 0 Å². The van der Waals surface area contributed by atoms with E-state index in [1.165, 1.54) is 5.01 Å². The lowest BCUT2D eigenvalue weighted by Gasteiger charge is -2.33. The molecular formula is C18H25N3O2S. The number of piperidine rings is 1. The van der Waals surface area contributed by atoms with Crippen molar-refractivity contribution in [1.29, 1.82) is 0 Å². The lowest BCUT2D eigenvalue weighted by molar-refractivity contribution is -0.137. The van der Waals surface area contributed by atoms with Gasteiger partial charge in [0.15, 0.2) is 0 Å². The molecule has 3 aliphatic rings. The maximum Gasteiger partial charge on any atom is 0.228 e. The highest BCUT2D eigenvalue weighted by atomic mass is 32.1. The highest BCUT2D eigenvalue weighted by Crippen LogP contribution is 2.35. The predicted molar refractivity (Wildman–Crippen MR) is 92.9 cm³/mol. The minimum atomic E-state index is -0.126. The fourth-order valence-corrected chi connectivity index (χ4v) is 4.98. The van der Waals surface area contributed by atoms with Crippen LogP contribution in [0, 0.1) is 5.92 Å². The van der Waals surface area contributed by atoms with Crippen LogP contribution in [0.15, 0.2) is 5.38 Å². The number of carbonyl (C=O) groups excluding carboxylic acids is 2. The summed E-state index contributed by atoms with van der Waals surface area (Å²) in [5.41, 5.74) is 1.15. The fourth-order valence-electron chi connectivity index (χ4n) is 3.95. The van der Waals surface area contributed by atoms with Crippen molar-refractivity contribution in [3.05, 3.63) is 16.1 Å². The van der Waals surface area contributed by atoms with E-state index in [9.17, 15) is 9.59 Å². The van der Waals surface area contributed by atoms with Gasteiger partial charge in [-0.05, 0) is 32.1 Å². The zero-order valence-electron chi connectivity index (χ0n) is 14.2. The zero-order chi connectivity index (χ0) is 16.7. The maximum atomic E-state index is 12.9. The average molecular weight is 347 g/mol. The first-order valence-electron chi connectivity index (χ1n) is 9.18. The van der Waals surface area contributed by atoms with Crippen LogP contribution >= 0.6 is 11.3 Å². The van der Waals surface area contributed by atoms with Crippen LogP contribution in [0.2, 0.25) is 0 Å². The Hall–Kier alpha value is -1.43. The average Bonchev–Trinajstić information content (AvgIpc) is 3.19. The highest BCUT2D eigenvalue weighted by molar-refractivity contribution is 7.09. The smallest absolute Gasteiger partial charge is 0.228 e. The van der Waals surface area contributed by atoms with Crippen molar-refractivity contribution in [2.24, 2.45) is 5.92 Å². The normalized spacial score (nSPS) is 27.8. The summed E-state index contributed by atoms with van der Waals surface area (Å²) in [5.74, 6) is 0.601. The van der Waals surface area contributed by atoms with Gasteiger partial charge >= 0.3 is 0 Å². The van der Waals surface area contributed by atoms with Gasteiger partial charge < -0.3 is 9.80 Å². The third kappa shape index (κ3) is 3.08. The third-order valence-corrected chi connectivity index (χ3v) is 6.57. The molecule has 0 spiro atoms. The van der Waals surface area contributed by atoms with Crippen molar-refractivity contribution in [2.75, 3.05) is 19.6 Å². The number of aromatic nitrogens is 1. The van der Waals surface area contributed by atoms with Crippen LogP contribution in [0.4, 0.5) is 0 Å². The summed E-state index contributed by atoms with van der Waals surface area (Å²) in [6.07, 6.45) is 5.74. The van der Waals surface area contributed by atoms with E-state index in [2.05, 4.69) is 12.3 Å². The molecule has 1 aromatic heterocycles. The predicted octanol–water partition coefficient (Wildman–Crippen LogP) is 2.42. The number of nitrogens with zero attached hydrogens (tertiary/aromatic N) is 3. The van der Waals surface area contributed by atoms with Gasteiger partial charge in [0.25, 0.3) is 0 Å². The molecule has 130 valence electrons. The van der Waals surface area contributed by atoms with Crippen molar-refractivity contribution >= 4 is 23.2 Å². The van der Waals surface area contributed by atoms with Crippen LogP contribution in [-0.4, -0.2) is 52.3 Å². The maximum absolute atomic E-state index is 12.9. The number of likely N-dealkylation sites (tertiary alicyclic amines) is 2. The molecule has 1 saturated carbocycles. The van der Waals surface area contributed by atoms with Crippen molar-refractivity contribution < 1.29 is 9.59 Å². The zero-order valence-corrected chi connectivity index (χ0v) is 15.1. The third-order valence-electron chi connectivity index (χ3n) is 5.51. The monoisotopic (exact) mass is 347 g/mol. The quantitative estimate of drug-likeness (QED) is 0.840. The van der Waals surface area contributed by atoms with E-state index in [-0.39, 0.29) is 17.7 Å². The molecule has 4 rings (SSSR count). The second-order valence-electron chi connectivity index (χ2n) is 7.33. The van der Waals surface area contributed by atoms with Gasteiger partial charge in [-0.25, -0.2) is 4.98 Å². The molecule has 0 unspecified atom stereocenters. The summed E-state index contributed by atoms with van der Waals surface area (Å²) in [4.78, 5) is 33.7. The Morgan fingerprint density at radius 3 is 2.88 bits per heavy atom. The van der Waals surface area contributed by atoms with E-state index in [1.54, 1.807) is 11.3 Å². The van der Waals surface area contributed by atoms with Gasteiger partial charge in [0.2, 0.25) is 11.8 Å². The number of amides is 2. The first-order valence-corrected chi connectivity index (χ1v) is 10.1. The van der Waals surface area contributed by atoms with Crippen LogP contribution in [0.25, 0.3) is 0 Å². The Bertz CT molecular complexity index is 640. The van der Waals surface area contributed by atoms with E-state index < -0.39 is 0 Å². The highest BCUT2D eigenvalue weighted by Gasteiger charge is 2.43. The van der Waals surface area contributed by atoms with Gasteiger partial charge in [-0.15, -0.1) is 11.3 Å². The van der Waals surface area contributed by atoms with Crippen LogP contribution < -0.4 is 0 Å². The minimum absolute atomic E-state index is 0.126. The van der Waals surface area contributed by atoms with Crippen LogP contribution in [0.1, 0.15) is 55.6 Å². The molecular weight excluding hydrogens is 322 g/mol. The molecule has 0 aromatic carbocycles. The molecule has 6 heteroatoms. The fraction of sp³-hybridized carbons (Fsp3) is 0.722. The van der Waals surface area contributed by atoms with E-state index in [1.807, 2.05) is 9.80 Å². The summed E-state index contributed by atoms with van der Waals surface area (Å²) >= 11 is 1.73. The van der Waals surface area contributed by atoms with Crippen LogP contribution in [0.3, 0.4) is 0 Å². The van der Waals surface area contributed by atoms with E-state index in [0.29, 0.717) is 24.9 Å². The Morgan fingerprint density at radius 2 is 2.17 bits per heavy atom. The first-order chi connectivity index (χ1) is 11.7. The van der Waals surface area contributed by atoms with Crippen LogP contribution in [0.5, 0.6) is 0 Å². The Morgan fingerprint density at radius 1 is 1.33 bits per heavy atom. The number of rotatable bonds is 4. The molecule has 1 aliphatic carbocycles. The Balaban J connectivity index is 1.40. The molecule has 2 atom stereocenters. The van der Waals surface area contributed by atoms with Crippen LogP contribution in [-0.2, 0) is 16.0 Å². The number of aryl methyl sites for hydroxylation is 1. The molecule has 3 heterocycles. The molecule has 5 nitrogen and oxygen atoms in total. The lowest BCUT2D eigenvalue weighted by Crippen LogP contribution is -2.43. The molecule has 3 fully saturated rings. The molecule has 1 aromatic rings. The number of thiazole rings is 1. The summed E-state index contributed by atoms with van der Waals surface area (Å²) in [7, 11) is 0. The van der Waals surface area contributed by atoms with E-state index in [0.717, 1.165) is 50.9 Å². The van der Waals surface area contributed by atoms with Crippen molar-refractivity contribution in [3.8, 4) is 0 Å². The van der Waals surface area contributed by atoms with Crippen molar-refractivity contribution in [3.63, 3.8) is 0 Å². The molecule has 0 bridgehead atoms. The minimum Gasteiger partial charge on any atom is -0.342 e. The van der Waals surface area contributed by atoms with Crippen molar-refractivity contribution in [1.82, 2.24) is 14.8 Å². The van der Waals surface area contributed by atoms with Gasteiger partial charge in [0.1, 0.15) is 0 Å². The number of hydrogen-bond acceptors (Lipinski definition) is 4. The SMILES string of the molecule is CCc1csc([C@H]2CCCN(C(=O)[C@H]3CC(=O)N(C4CC4)C3)C2)n1. The molecule has 2 aliphatic heterocycles. The molecule has 0 N–H and O–H groups in total. The molecule has 2 saturated heterocycles. The standard InChI is InChI=1S/C18H25N3O2S/c1-2-14-11-24-17(19-14)12-4-3-7-20(9-12)18(23)13-8-16(22)21(10-13)15-5-6-15/h11-13,15H,2-10H2,1H3/t12-,13-/m0/s1. The van der Waals surface area contributed by atoms with Gasteiger partial charge in [-0.2, -0.15) is 0 Å².